The number of methoxy groups -OCH3 is 1. The van der Waals surface area contributed by atoms with Gasteiger partial charge in [0.25, 0.3) is 0 Å². The van der Waals surface area contributed by atoms with Crippen molar-refractivity contribution in [1.82, 2.24) is 15.1 Å². The van der Waals surface area contributed by atoms with Crippen molar-refractivity contribution in [2.24, 2.45) is 0 Å². The topological polar surface area (TPSA) is 61.9 Å². The molecule has 4 rings (SSSR count). The highest BCUT2D eigenvalue weighted by atomic mass is 16.5. The van der Waals surface area contributed by atoms with Gasteiger partial charge in [-0.25, -0.2) is 0 Å². The Bertz CT molecular complexity index is 1050. The molecule has 0 aromatic heterocycles. The number of nitrogens with one attached hydrogen (secondary N) is 1. The van der Waals surface area contributed by atoms with Gasteiger partial charge in [0.15, 0.2) is 0 Å². The lowest BCUT2D eigenvalue weighted by Crippen LogP contribution is -2.52. The van der Waals surface area contributed by atoms with Gasteiger partial charge in [-0.15, -0.1) is 0 Å². The molecule has 1 aliphatic rings. The normalized spacial score (nSPS) is 16.3. The Morgan fingerprint density at radius 2 is 1.50 bits per heavy atom. The molecule has 1 saturated heterocycles. The summed E-state index contributed by atoms with van der Waals surface area (Å²) in [6.07, 6.45) is 0. The van der Waals surface area contributed by atoms with Gasteiger partial charge in [0.2, 0.25) is 11.8 Å². The van der Waals surface area contributed by atoms with E-state index in [1.807, 2.05) is 89.8 Å². The number of hydrogen-bond acceptors (Lipinski definition) is 4. The van der Waals surface area contributed by atoms with Gasteiger partial charge in [-0.2, -0.15) is 0 Å². The lowest BCUT2D eigenvalue weighted by molar-refractivity contribution is -0.134. The number of benzene rings is 3. The lowest BCUT2D eigenvalue weighted by atomic mass is 9.98. The van der Waals surface area contributed by atoms with Crippen LogP contribution in [0.1, 0.15) is 35.7 Å². The Labute approximate surface area is 201 Å². The summed E-state index contributed by atoms with van der Waals surface area (Å²) in [5, 5.41) is 3.22. The van der Waals surface area contributed by atoms with Crippen molar-refractivity contribution in [2.45, 2.75) is 19.0 Å². The molecule has 176 valence electrons. The van der Waals surface area contributed by atoms with Crippen LogP contribution in [0.25, 0.3) is 0 Å². The maximum atomic E-state index is 13.2. The highest BCUT2D eigenvalue weighted by molar-refractivity contribution is 5.79. The second-order valence-electron chi connectivity index (χ2n) is 8.56. The molecule has 0 spiro atoms. The first kappa shape index (κ1) is 23.5. The summed E-state index contributed by atoms with van der Waals surface area (Å²) in [5.41, 5.74) is 3.12. The van der Waals surface area contributed by atoms with E-state index in [0.29, 0.717) is 19.6 Å². The molecule has 1 heterocycles. The number of nitrogens with zero attached hydrogens (tertiary/aromatic N) is 2. The first-order chi connectivity index (χ1) is 16.5. The fraction of sp³-hybridized carbons (Fsp3) is 0.286. The maximum absolute atomic E-state index is 13.2. The minimum absolute atomic E-state index is 0.0394. The Morgan fingerprint density at radius 3 is 2.03 bits per heavy atom. The van der Waals surface area contributed by atoms with Gasteiger partial charge >= 0.3 is 0 Å². The Hall–Kier alpha value is -3.64. The first-order valence-electron chi connectivity index (χ1n) is 11.6. The zero-order chi connectivity index (χ0) is 23.9. The van der Waals surface area contributed by atoms with Crippen molar-refractivity contribution in [2.75, 3.05) is 33.3 Å². The van der Waals surface area contributed by atoms with E-state index in [9.17, 15) is 9.59 Å². The molecule has 0 radical (unpaired) electrons. The average Bonchev–Trinajstić information content (AvgIpc) is 2.88. The number of piperazine rings is 1. The van der Waals surface area contributed by atoms with E-state index in [0.717, 1.165) is 22.4 Å². The first-order valence-corrected chi connectivity index (χ1v) is 11.6. The number of amides is 2. The third-order valence-electron chi connectivity index (χ3n) is 6.31. The van der Waals surface area contributed by atoms with Gasteiger partial charge in [-0.1, -0.05) is 72.8 Å². The number of rotatable bonds is 7. The molecular formula is C28H31N3O3. The van der Waals surface area contributed by atoms with Gasteiger partial charge in [0.05, 0.1) is 25.7 Å². The third-order valence-corrected chi connectivity index (χ3v) is 6.31. The van der Waals surface area contributed by atoms with Crippen molar-refractivity contribution >= 4 is 11.8 Å². The zero-order valence-electron chi connectivity index (χ0n) is 19.7. The fourth-order valence-electron chi connectivity index (χ4n) is 4.53. The highest BCUT2D eigenvalue weighted by Gasteiger charge is 2.31. The van der Waals surface area contributed by atoms with Crippen LogP contribution in [0.5, 0.6) is 5.75 Å². The number of hydrogen-bond donors (Lipinski definition) is 1. The van der Waals surface area contributed by atoms with Gasteiger partial charge in [-0.3, -0.25) is 14.5 Å². The summed E-state index contributed by atoms with van der Waals surface area (Å²) in [7, 11) is 1.63. The minimum Gasteiger partial charge on any atom is -0.497 e. The lowest BCUT2D eigenvalue weighted by Gasteiger charge is -2.41. The predicted octanol–water partition coefficient (Wildman–Crippen LogP) is 3.81. The van der Waals surface area contributed by atoms with Crippen molar-refractivity contribution in [3.8, 4) is 5.75 Å². The van der Waals surface area contributed by atoms with Crippen LogP contribution in [0.4, 0.5) is 0 Å². The SMILES string of the molecule is COc1ccc([C@H]2CN(CC(=O)NC(c3ccccc3)c3ccccc3)CCN2C(C)=O)cc1. The molecule has 6 nitrogen and oxygen atoms in total. The largest absolute Gasteiger partial charge is 0.497 e. The van der Waals surface area contributed by atoms with Gasteiger partial charge in [0.1, 0.15) is 5.75 Å². The maximum Gasteiger partial charge on any atom is 0.234 e. The molecule has 0 unspecified atom stereocenters. The molecule has 6 heteroatoms. The number of ether oxygens (including phenoxy) is 1. The Kier molecular flexibility index (Phi) is 7.60. The van der Waals surface area contributed by atoms with E-state index in [-0.39, 0.29) is 30.4 Å². The van der Waals surface area contributed by atoms with Crippen molar-refractivity contribution in [1.29, 1.82) is 0 Å². The van der Waals surface area contributed by atoms with Crippen LogP contribution < -0.4 is 10.1 Å². The van der Waals surface area contributed by atoms with E-state index < -0.39 is 0 Å². The second-order valence-corrected chi connectivity index (χ2v) is 8.56. The summed E-state index contributed by atoms with van der Waals surface area (Å²) < 4.78 is 5.27. The molecule has 0 saturated carbocycles. The average molecular weight is 458 g/mol. The van der Waals surface area contributed by atoms with Crippen LogP contribution >= 0.6 is 0 Å². The Morgan fingerprint density at radius 1 is 0.912 bits per heavy atom. The third kappa shape index (κ3) is 5.64. The summed E-state index contributed by atoms with van der Waals surface area (Å²) in [5.74, 6) is 0.777. The van der Waals surface area contributed by atoms with Gasteiger partial charge < -0.3 is 15.0 Å². The predicted molar refractivity (Wildman–Crippen MR) is 132 cm³/mol. The number of carbonyl (C=O) groups is 2. The van der Waals surface area contributed by atoms with Crippen LogP contribution in [-0.2, 0) is 9.59 Å². The second kappa shape index (κ2) is 11.0. The molecule has 1 fully saturated rings. The van der Waals surface area contributed by atoms with E-state index in [1.165, 1.54) is 0 Å². The fourth-order valence-corrected chi connectivity index (χ4v) is 4.53. The molecule has 1 N–H and O–H groups in total. The molecule has 3 aromatic rings. The molecule has 1 atom stereocenters. The van der Waals surface area contributed by atoms with Crippen LogP contribution in [0.3, 0.4) is 0 Å². The van der Waals surface area contributed by atoms with Crippen LogP contribution in [0.2, 0.25) is 0 Å². The minimum atomic E-state index is -0.217. The Balaban J connectivity index is 1.47. The molecule has 3 aromatic carbocycles. The molecule has 0 bridgehead atoms. The van der Waals surface area contributed by atoms with E-state index in [4.69, 9.17) is 4.74 Å². The van der Waals surface area contributed by atoms with Crippen LogP contribution in [0, 0.1) is 0 Å². The molecule has 1 aliphatic heterocycles. The highest BCUT2D eigenvalue weighted by Crippen LogP contribution is 2.27. The molecule has 0 aliphatic carbocycles. The summed E-state index contributed by atoms with van der Waals surface area (Å²) in [6.45, 7) is 3.71. The molecule has 2 amide bonds. The van der Waals surface area contributed by atoms with Crippen LogP contribution in [-0.4, -0.2) is 54.9 Å². The zero-order valence-corrected chi connectivity index (χ0v) is 19.7. The van der Waals surface area contributed by atoms with E-state index in [1.54, 1.807) is 14.0 Å². The molecule has 34 heavy (non-hydrogen) atoms. The van der Waals surface area contributed by atoms with Crippen molar-refractivity contribution in [3.05, 3.63) is 102 Å². The van der Waals surface area contributed by atoms with Crippen LogP contribution in [0.15, 0.2) is 84.9 Å². The van der Waals surface area contributed by atoms with E-state index in [2.05, 4.69) is 10.2 Å². The quantitative estimate of drug-likeness (QED) is 0.586. The van der Waals surface area contributed by atoms with Crippen molar-refractivity contribution < 1.29 is 14.3 Å². The molecular weight excluding hydrogens is 426 g/mol. The van der Waals surface area contributed by atoms with E-state index >= 15 is 0 Å². The van der Waals surface area contributed by atoms with Gasteiger partial charge in [-0.05, 0) is 28.8 Å². The summed E-state index contributed by atoms with van der Waals surface area (Å²) >= 11 is 0. The van der Waals surface area contributed by atoms with Gasteiger partial charge in [0, 0.05) is 26.6 Å². The summed E-state index contributed by atoms with van der Waals surface area (Å²) in [6, 6.07) is 27.5. The summed E-state index contributed by atoms with van der Waals surface area (Å²) in [4.78, 5) is 29.5. The van der Waals surface area contributed by atoms with Crippen molar-refractivity contribution in [3.63, 3.8) is 0 Å². The smallest absolute Gasteiger partial charge is 0.234 e. The monoisotopic (exact) mass is 457 g/mol. The number of carbonyl (C=O) groups excluding carboxylic acids is 2. The standard InChI is InChI=1S/C28H31N3O3/c1-21(32)31-18-17-30(19-26(31)22-13-15-25(34-2)16-14-22)20-27(33)29-28(23-9-5-3-6-10-23)24-11-7-4-8-12-24/h3-16,26,28H,17-20H2,1-2H3,(H,29,33)/t26-/m1/s1.